The number of halogens is 1. The maximum Gasteiger partial charge on any atom is 0.192 e. The van der Waals surface area contributed by atoms with Crippen LogP contribution in [0.3, 0.4) is 0 Å². The van der Waals surface area contributed by atoms with Crippen LogP contribution >= 0.6 is 15.9 Å². The molecule has 0 saturated carbocycles. The van der Waals surface area contributed by atoms with Crippen molar-refractivity contribution in [3.8, 4) is 0 Å². The lowest BCUT2D eigenvalue weighted by Gasteiger charge is -2.04. The van der Waals surface area contributed by atoms with Gasteiger partial charge in [-0.2, -0.15) is 0 Å². The van der Waals surface area contributed by atoms with Crippen LogP contribution in [0.25, 0.3) is 27.2 Å². The molecule has 0 radical (unpaired) electrons. The van der Waals surface area contributed by atoms with E-state index in [1.54, 1.807) is 0 Å². The topological polar surface area (TPSA) is 21.5 Å². The number of hydrogen-bond acceptors (Lipinski definition) is 1. The Morgan fingerprint density at radius 3 is 2.55 bits per heavy atom. The smallest absolute Gasteiger partial charge is 0.192 e. The lowest BCUT2D eigenvalue weighted by atomic mass is 10.1. The Kier molecular flexibility index (Phi) is 2.28. The second-order valence-corrected chi connectivity index (χ2v) is 6.30. The fourth-order valence-electron chi connectivity index (χ4n) is 3.07. The summed E-state index contributed by atoms with van der Waals surface area (Å²) in [5.74, 6) is 0. The van der Waals surface area contributed by atoms with Gasteiger partial charge in [-0.1, -0.05) is 15.9 Å². The molecule has 0 aliphatic carbocycles. The standard InChI is InChI=1S/C17H12BrNO/c1-9-5-13-12-7-11(18)3-4-15(12)19-8-10(2)17(20)14(6-9)16(13)19/h3-8H,1-2H3. The van der Waals surface area contributed by atoms with E-state index in [4.69, 9.17) is 0 Å². The molecule has 0 fully saturated rings. The maximum absolute atomic E-state index is 12.4. The SMILES string of the molecule is Cc1cc2c(=O)c(C)cn3c4ccc(Br)cc4c(c1)c23. The van der Waals surface area contributed by atoms with Crippen LogP contribution in [0.15, 0.2) is 45.8 Å². The van der Waals surface area contributed by atoms with Crippen LogP contribution in [0.4, 0.5) is 0 Å². The molecule has 4 rings (SSSR count). The molecule has 0 aliphatic rings. The van der Waals surface area contributed by atoms with Crippen molar-refractivity contribution in [2.45, 2.75) is 13.8 Å². The second kappa shape index (κ2) is 3.83. The van der Waals surface area contributed by atoms with E-state index in [0.29, 0.717) is 0 Å². The van der Waals surface area contributed by atoms with Crippen molar-refractivity contribution in [3.63, 3.8) is 0 Å². The zero-order valence-corrected chi connectivity index (χ0v) is 12.8. The number of nitrogens with zero attached hydrogens (tertiary/aromatic N) is 1. The predicted octanol–water partition coefficient (Wildman–Crippen LogP) is 4.42. The average molecular weight is 326 g/mol. The average Bonchev–Trinajstić information content (AvgIpc) is 2.70. The molecule has 0 bridgehead atoms. The van der Waals surface area contributed by atoms with E-state index in [1.807, 2.05) is 32.2 Å². The number of rotatable bonds is 0. The zero-order chi connectivity index (χ0) is 14.0. The van der Waals surface area contributed by atoms with E-state index in [1.165, 1.54) is 5.39 Å². The van der Waals surface area contributed by atoms with E-state index < -0.39 is 0 Å². The Labute approximate surface area is 124 Å². The molecule has 4 aromatic rings. The minimum Gasteiger partial charge on any atom is -0.315 e. The molecule has 0 atom stereocenters. The van der Waals surface area contributed by atoms with Gasteiger partial charge in [-0.3, -0.25) is 4.79 Å². The number of pyridine rings is 1. The van der Waals surface area contributed by atoms with Crippen LogP contribution in [-0.4, -0.2) is 4.40 Å². The van der Waals surface area contributed by atoms with E-state index >= 15 is 0 Å². The lowest BCUT2D eigenvalue weighted by molar-refractivity contribution is 1.21. The van der Waals surface area contributed by atoms with Crippen molar-refractivity contribution in [2.24, 2.45) is 0 Å². The Balaban J connectivity index is 2.47. The molecular formula is C17H12BrNO. The van der Waals surface area contributed by atoms with Crippen LogP contribution in [0.2, 0.25) is 0 Å². The van der Waals surface area contributed by atoms with Gasteiger partial charge in [0, 0.05) is 32.4 Å². The maximum atomic E-state index is 12.4. The quantitative estimate of drug-likeness (QED) is 0.469. The highest BCUT2D eigenvalue weighted by Gasteiger charge is 2.14. The molecule has 0 spiro atoms. The third-order valence-corrected chi connectivity index (χ3v) is 4.42. The summed E-state index contributed by atoms with van der Waals surface area (Å²) in [5.41, 5.74) is 4.20. The summed E-state index contributed by atoms with van der Waals surface area (Å²) >= 11 is 3.53. The lowest BCUT2D eigenvalue weighted by Crippen LogP contribution is -2.08. The minimum atomic E-state index is 0.132. The number of benzene rings is 2. The Bertz CT molecular complexity index is 1050. The summed E-state index contributed by atoms with van der Waals surface area (Å²) in [6.45, 7) is 3.92. The molecule has 20 heavy (non-hydrogen) atoms. The van der Waals surface area contributed by atoms with Crippen LogP contribution < -0.4 is 5.43 Å². The van der Waals surface area contributed by atoms with Gasteiger partial charge in [0.2, 0.25) is 0 Å². The number of aryl methyl sites for hydroxylation is 2. The van der Waals surface area contributed by atoms with Crippen LogP contribution in [-0.2, 0) is 0 Å². The van der Waals surface area contributed by atoms with Gasteiger partial charge in [0.05, 0.1) is 11.0 Å². The highest BCUT2D eigenvalue weighted by molar-refractivity contribution is 9.10. The Hall–Kier alpha value is -1.87. The second-order valence-electron chi connectivity index (χ2n) is 5.38. The van der Waals surface area contributed by atoms with Crippen molar-refractivity contribution in [3.05, 3.63) is 62.4 Å². The number of fused-ring (bicyclic) bond motifs is 3. The van der Waals surface area contributed by atoms with Gasteiger partial charge in [-0.25, -0.2) is 0 Å². The number of aromatic nitrogens is 1. The zero-order valence-electron chi connectivity index (χ0n) is 11.2. The first-order valence-electron chi connectivity index (χ1n) is 6.53. The molecule has 0 N–H and O–H groups in total. The third kappa shape index (κ3) is 1.41. The van der Waals surface area contributed by atoms with Crippen LogP contribution in [0.5, 0.6) is 0 Å². The molecule has 98 valence electrons. The molecule has 0 unspecified atom stereocenters. The first kappa shape index (κ1) is 11.9. The largest absolute Gasteiger partial charge is 0.315 e. The summed E-state index contributed by atoms with van der Waals surface area (Å²) in [4.78, 5) is 12.4. The Morgan fingerprint density at radius 1 is 1.00 bits per heavy atom. The molecule has 2 heterocycles. The van der Waals surface area contributed by atoms with Gasteiger partial charge in [0.1, 0.15) is 0 Å². The number of hydrogen-bond donors (Lipinski definition) is 0. The molecule has 2 aromatic carbocycles. The van der Waals surface area contributed by atoms with E-state index in [-0.39, 0.29) is 5.43 Å². The van der Waals surface area contributed by atoms with Gasteiger partial charge in [-0.05, 0) is 49.7 Å². The molecule has 2 aromatic heterocycles. The Morgan fingerprint density at radius 2 is 1.75 bits per heavy atom. The van der Waals surface area contributed by atoms with E-state index in [0.717, 1.165) is 37.4 Å². The van der Waals surface area contributed by atoms with Gasteiger partial charge < -0.3 is 4.40 Å². The van der Waals surface area contributed by atoms with Gasteiger partial charge in [0.15, 0.2) is 5.43 Å². The first-order chi connectivity index (χ1) is 9.56. The summed E-state index contributed by atoms with van der Waals surface area (Å²) in [5, 5.41) is 3.14. The van der Waals surface area contributed by atoms with Gasteiger partial charge in [-0.15, -0.1) is 0 Å². The minimum absolute atomic E-state index is 0.132. The fourth-order valence-corrected chi connectivity index (χ4v) is 3.43. The summed E-state index contributed by atoms with van der Waals surface area (Å²) in [7, 11) is 0. The predicted molar refractivity (Wildman–Crippen MR) is 87.0 cm³/mol. The van der Waals surface area contributed by atoms with Crippen LogP contribution in [0, 0.1) is 13.8 Å². The van der Waals surface area contributed by atoms with Gasteiger partial charge >= 0.3 is 0 Å². The summed E-state index contributed by atoms with van der Waals surface area (Å²) in [6, 6.07) is 10.4. The molecule has 2 nitrogen and oxygen atoms in total. The normalized spacial score (nSPS) is 11.9. The molecule has 0 amide bonds. The monoisotopic (exact) mass is 325 g/mol. The van der Waals surface area contributed by atoms with E-state index in [9.17, 15) is 4.79 Å². The van der Waals surface area contributed by atoms with Crippen molar-refractivity contribution < 1.29 is 0 Å². The third-order valence-electron chi connectivity index (χ3n) is 3.93. The summed E-state index contributed by atoms with van der Waals surface area (Å²) < 4.78 is 3.20. The van der Waals surface area contributed by atoms with Crippen LogP contribution in [0.1, 0.15) is 11.1 Å². The molecule has 3 heteroatoms. The van der Waals surface area contributed by atoms with E-state index in [2.05, 4.69) is 38.5 Å². The molecule has 0 aliphatic heterocycles. The summed E-state index contributed by atoms with van der Waals surface area (Å²) in [6.07, 6.45) is 1.95. The highest BCUT2D eigenvalue weighted by Crippen LogP contribution is 2.33. The highest BCUT2D eigenvalue weighted by atomic mass is 79.9. The fraction of sp³-hybridized carbons (Fsp3) is 0.118. The van der Waals surface area contributed by atoms with Crippen molar-refractivity contribution in [1.29, 1.82) is 0 Å². The molecular weight excluding hydrogens is 314 g/mol. The van der Waals surface area contributed by atoms with Crippen molar-refractivity contribution in [1.82, 2.24) is 4.40 Å². The van der Waals surface area contributed by atoms with Gasteiger partial charge in [0.25, 0.3) is 0 Å². The first-order valence-corrected chi connectivity index (χ1v) is 7.32. The van der Waals surface area contributed by atoms with Crippen molar-refractivity contribution >= 4 is 43.1 Å². The van der Waals surface area contributed by atoms with Crippen molar-refractivity contribution in [2.75, 3.05) is 0 Å². The molecule has 0 saturated heterocycles.